The number of thiazole rings is 1. The Morgan fingerprint density at radius 1 is 1.33 bits per heavy atom. The lowest BCUT2D eigenvalue weighted by atomic mass is 10.1. The first-order valence-corrected chi connectivity index (χ1v) is 8.41. The zero-order valence-electron chi connectivity index (χ0n) is 12.5. The highest BCUT2D eigenvalue weighted by molar-refractivity contribution is 7.19. The second-order valence-corrected chi connectivity index (χ2v) is 6.70. The molecule has 2 heterocycles. The third-order valence-corrected chi connectivity index (χ3v) is 4.83. The summed E-state index contributed by atoms with van der Waals surface area (Å²) in [6.45, 7) is -1.82. The lowest BCUT2D eigenvalue weighted by molar-refractivity contribution is -0.119. The average Bonchev–Trinajstić information content (AvgIpc) is 2.91. The number of nitrogen functional groups attached to an aromatic ring is 1. The molecule has 0 amide bonds. The van der Waals surface area contributed by atoms with Crippen LogP contribution in [-0.2, 0) is 4.79 Å². The van der Waals surface area contributed by atoms with Crippen molar-refractivity contribution in [1.82, 2.24) is 4.98 Å². The van der Waals surface area contributed by atoms with Crippen LogP contribution >= 0.6 is 22.9 Å². The van der Waals surface area contributed by atoms with E-state index in [1.165, 1.54) is 29.5 Å². The Balaban J connectivity index is 1.95. The second kappa shape index (κ2) is 6.90. The van der Waals surface area contributed by atoms with Crippen LogP contribution in [0.1, 0.15) is 12.8 Å². The van der Waals surface area contributed by atoms with Gasteiger partial charge in [0.2, 0.25) is 0 Å². The minimum atomic E-state index is -2.96. The van der Waals surface area contributed by atoms with Gasteiger partial charge in [0, 0.05) is 36.5 Å². The highest BCUT2D eigenvalue weighted by Gasteiger charge is 2.23. The van der Waals surface area contributed by atoms with Crippen LogP contribution in [0.4, 0.5) is 18.9 Å². The van der Waals surface area contributed by atoms with Crippen LogP contribution < -0.4 is 15.4 Å². The van der Waals surface area contributed by atoms with E-state index in [1.807, 2.05) is 4.90 Å². The standard InChI is InChI=1S/C15H14ClF2N3O2S/c16-8-1-2-11(23-14(17)18)10(7-8)12-13(19)24-15(20-12)21-5-3-9(22)4-6-21/h1-2,7,14H,3-6,19H2. The van der Waals surface area contributed by atoms with Gasteiger partial charge in [-0.1, -0.05) is 22.9 Å². The smallest absolute Gasteiger partial charge is 0.387 e. The van der Waals surface area contributed by atoms with E-state index in [1.54, 1.807) is 0 Å². The summed E-state index contributed by atoms with van der Waals surface area (Å²) in [7, 11) is 0. The number of benzene rings is 1. The molecule has 1 fully saturated rings. The molecule has 0 radical (unpaired) electrons. The maximum Gasteiger partial charge on any atom is 0.387 e. The summed E-state index contributed by atoms with van der Waals surface area (Å²) in [5, 5.41) is 1.39. The van der Waals surface area contributed by atoms with E-state index in [-0.39, 0.29) is 11.5 Å². The molecule has 0 spiro atoms. The van der Waals surface area contributed by atoms with Crippen molar-refractivity contribution in [3.8, 4) is 17.0 Å². The van der Waals surface area contributed by atoms with E-state index < -0.39 is 6.61 Å². The monoisotopic (exact) mass is 373 g/mol. The van der Waals surface area contributed by atoms with Crippen LogP contribution in [0.2, 0.25) is 5.02 Å². The third-order valence-electron chi connectivity index (χ3n) is 3.65. The number of halogens is 3. The fraction of sp³-hybridized carbons (Fsp3) is 0.333. The Morgan fingerprint density at radius 3 is 2.71 bits per heavy atom. The van der Waals surface area contributed by atoms with E-state index in [2.05, 4.69) is 9.72 Å². The zero-order chi connectivity index (χ0) is 17.3. The van der Waals surface area contributed by atoms with Crippen LogP contribution in [0.3, 0.4) is 0 Å². The van der Waals surface area contributed by atoms with E-state index in [9.17, 15) is 13.6 Å². The first-order valence-electron chi connectivity index (χ1n) is 7.21. The van der Waals surface area contributed by atoms with Gasteiger partial charge in [0.1, 0.15) is 22.2 Å². The van der Waals surface area contributed by atoms with Crippen LogP contribution in [0, 0.1) is 0 Å². The summed E-state index contributed by atoms with van der Waals surface area (Å²) in [4.78, 5) is 17.8. The topological polar surface area (TPSA) is 68.5 Å². The molecule has 2 N–H and O–H groups in total. The minimum absolute atomic E-state index is 0.0354. The molecule has 1 saturated heterocycles. The lowest BCUT2D eigenvalue weighted by Gasteiger charge is -2.25. The van der Waals surface area contributed by atoms with Gasteiger partial charge >= 0.3 is 6.61 Å². The van der Waals surface area contributed by atoms with E-state index in [4.69, 9.17) is 17.3 Å². The molecule has 0 aliphatic carbocycles. The molecule has 128 valence electrons. The van der Waals surface area contributed by atoms with Gasteiger partial charge in [0.05, 0.1) is 0 Å². The number of nitrogens with two attached hydrogens (primary N) is 1. The molecule has 5 nitrogen and oxygen atoms in total. The van der Waals surface area contributed by atoms with Crippen molar-refractivity contribution in [2.75, 3.05) is 23.7 Å². The molecular formula is C15H14ClF2N3O2S. The van der Waals surface area contributed by atoms with Gasteiger partial charge < -0.3 is 15.4 Å². The summed E-state index contributed by atoms with van der Waals surface area (Å²) in [6.07, 6.45) is 0.928. The Bertz CT molecular complexity index is 759. The van der Waals surface area contributed by atoms with Crippen molar-refractivity contribution in [1.29, 1.82) is 0 Å². The maximum atomic E-state index is 12.6. The molecular weight excluding hydrogens is 360 g/mol. The highest BCUT2D eigenvalue weighted by atomic mass is 35.5. The maximum absolute atomic E-state index is 12.6. The van der Waals surface area contributed by atoms with Crippen LogP contribution in [0.5, 0.6) is 5.75 Å². The molecule has 0 saturated carbocycles. The molecule has 0 unspecified atom stereocenters. The molecule has 3 rings (SSSR count). The number of hydrogen-bond donors (Lipinski definition) is 1. The van der Waals surface area contributed by atoms with Crippen molar-refractivity contribution in [2.45, 2.75) is 19.5 Å². The van der Waals surface area contributed by atoms with E-state index in [0.29, 0.717) is 52.3 Å². The van der Waals surface area contributed by atoms with Gasteiger partial charge in [-0.25, -0.2) is 4.98 Å². The number of carbonyl (C=O) groups excluding carboxylic acids is 1. The number of piperidine rings is 1. The number of aromatic nitrogens is 1. The molecule has 2 aromatic rings. The van der Waals surface area contributed by atoms with Gasteiger partial charge in [-0.2, -0.15) is 8.78 Å². The molecule has 1 aromatic heterocycles. The number of ketones is 1. The molecule has 1 aliphatic heterocycles. The summed E-state index contributed by atoms with van der Waals surface area (Å²) < 4.78 is 29.7. The lowest BCUT2D eigenvalue weighted by Crippen LogP contribution is -2.33. The zero-order valence-corrected chi connectivity index (χ0v) is 14.0. The van der Waals surface area contributed by atoms with Crippen molar-refractivity contribution >= 4 is 38.9 Å². The summed E-state index contributed by atoms with van der Waals surface area (Å²) in [6, 6.07) is 4.32. The predicted molar refractivity (Wildman–Crippen MR) is 90.1 cm³/mol. The SMILES string of the molecule is Nc1sc(N2CCC(=O)CC2)nc1-c1cc(Cl)ccc1OC(F)F. The normalized spacial score (nSPS) is 15.2. The number of rotatable bonds is 4. The first kappa shape index (κ1) is 16.9. The third kappa shape index (κ3) is 3.59. The molecule has 24 heavy (non-hydrogen) atoms. The predicted octanol–water partition coefficient (Wildman–Crippen LogP) is 3.82. The van der Waals surface area contributed by atoms with Crippen LogP contribution in [-0.4, -0.2) is 30.5 Å². The molecule has 0 atom stereocenters. The molecule has 1 aromatic carbocycles. The van der Waals surface area contributed by atoms with Crippen molar-refractivity contribution in [2.24, 2.45) is 0 Å². The minimum Gasteiger partial charge on any atom is -0.434 e. The average molecular weight is 374 g/mol. The highest BCUT2D eigenvalue weighted by Crippen LogP contribution is 2.41. The summed E-state index contributed by atoms with van der Waals surface area (Å²) in [5.41, 5.74) is 6.70. The fourth-order valence-electron chi connectivity index (χ4n) is 2.48. The molecule has 1 aliphatic rings. The van der Waals surface area contributed by atoms with E-state index >= 15 is 0 Å². The van der Waals surface area contributed by atoms with Gasteiger partial charge in [-0.05, 0) is 18.2 Å². The van der Waals surface area contributed by atoms with Crippen LogP contribution in [0.15, 0.2) is 18.2 Å². The van der Waals surface area contributed by atoms with Crippen molar-refractivity contribution in [3.05, 3.63) is 23.2 Å². The number of nitrogens with zero attached hydrogens (tertiary/aromatic N) is 2. The summed E-state index contributed by atoms with van der Waals surface area (Å²) >= 11 is 7.22. The number of carbonyl (C=O) groups is 1. The van der Waals surface area contributed by atoms with Crippen molar-refractivity contribution < 1.29 is 18.3 Å². The number of alkyl halides is 2. The van der Waals surface area contributed by atoms with Gasteiger partial charge in [-0.15, -0.1) is 0 Å². The van der Waals surface area contributed by atoms with Gasteiger partial charge in [0.25, 0.3) is 0 Å². The Kier molecular flexibility index (Phi) is 4.86. The quantitative estimate of drug-likeness (QED) is 0.882. The number of anilines is 2. The van der Waals surface area contributed by atoms with Crippen molar-refractivity contribution in [3.63, 3.8) is 0 Å². The Morgan fingerprint density at radius 2 is 2.04 bits per heavy atom. The summed E-state index contributed by atoms with van der Waals surface area (Å²) in [5.74, 6) is 0.185. The number of hydrogen-bond acceptors (Lipinski definition) is 6. The van der Waals surface area contributed by atoms with Crippen LogP contribution in [0.25, 0.3) is 11.3 Å². The Hall–Kier alpha value is -1.93. The van der Waals surface area contributed by atoms with Gasteiger partial charge in [-0.3, -0.25) is 4.79 Å². The first-order chi connectivity index (χ1) is 11.4. The molecule has 0 bridgehead atoms. The van der Waals surface area contributed by atoms with Gasteiger partial charge in [0.15, 0.2) is 5.13 Å². The number of ether oxygens (including phenoxy) is 1. The fourth-order valence-corrected chi connectivity index (χ4v) is 3.55. The number of Topliss-reactive ketones (excluding diaryl/α,β-unsaturated/α-hetero) is 1. The largest absolute Gasteiger partial charge is 0.434 e. The molecule has 9 heteroatoms. The Labute approximate surface area is 146 Å². The van der Waals surface area contributed by atoms with E-state index in [0.717, 1.165) is 0 Å². The second-order valence-electron chi connectivity index (χ2n) is 5.25.